The van der Waals surface area contributed by atoms with Gasteiger partial charge in [-0.25, -0.2) is 0 Å². The van der Waals surface area contributed by atoms with Gasteiger partial charge >= 0.3 is 0 Å². The monoisotopic (exact) mass is 197 g/mol. The fourth-order valence-corrected chi connectivity index (χ4v) is 1.14. The number of phenolic OH excluding ortho intramolecular Hbond substituents is 2. The molecule has 0 saturated carbocycles. The molecule has 0 radical (unpaired) electrons. The van der Waals surface area contributed by atoms with Gasteiger partial charge in [-0.05, 0) is 31.0 Å². The second kappa shape index (κ2) is 4.30. The standard InChI is InChI=1S/C10H15NO3/c1-6(12)8(11)4-7-2-3-9(13)10(14)5-7/h2-3,5-6,8,12-14H,4,11H2,1H3. The highest BCUT2D eigenvalue weighted by molar-refractivity contribution is 5.40. The minimum atomic E-state index is -0.592. The average Bonchev–Trinajstić information content (AvgIpc) is 2.11. The first-order chi connectivity index (χ1) is 6.50. The lowest BCUT2D eigenvalue weighted by Gasteiger charge is -2.14. The first kappa shape index (κ1) is 10.8. The summed E-state index contributed by atoms with van der Waals surface area (Å²) in [5, 5.41) is 27.4. The molecule has 5 N–H and O–H groups in total. The molecule has 14 heavy (non-hydrogen) atoms. The topological polar surface area (TPSA) is 86.7 Å². The van der Waals surface area contributed by atoms with Crippen LogP contribution in [0, 0.1) is 0 Å². The van der Waals surface area contributed by atoms with Crippen LogP contribution >= 0.6 is 0 Å². The SMILES string of the molecule is CC(O)C(N)Cc1ccc(O)c(O)c1. The Hall–Kier alpha value is -1.26. The van der Waals surface area contributed by atoms with Gasteiger partial charge in [-0.1, -0.05) is 6.07 Å². The van der Waals surface area contributed by atoms with Gasteiger partial charge in [-0.2, -0.15) is 0 Å². The van der Waals surface area contributed by atoms with Crippen LogP contribution < -0.4 is 5.73 Å². The van der Waals surface area contributed by atoms with E-state index in [1.165, 1.54) is 12.1 Å². The minimum absolute atomic E-state index is 0.153. The molecule has 0 aliphatic carbocycles. The predicted octanol–water partition coefficient (Wildman–Crippen LogP) is 0.348. The largest absolute Gasteiger partial charge is 0.504 e. The summed E-state index contributed by atoms with van der Waals surface area (Å²) in [4.78, 5) is 0. The molecule has 0 bridgehead atoms. The fourth-order valence-electron chi connectivity index (χ4n) is 1.14. The van der Waals surface area contributed by atoms with Crippen LogP contribution in [0.5, 0.6) is 11.5 Å². The van der Waals surface area contributed by atoms with Crippen LogP contribution in [0.25, 0.3) is 0 Å². The molecule has 2 atom stereocenters. The van der Waals surface area contributed by atoms with E-state index in [9.17, 15) is 5.11 Å². The molecule has 0 saturated heterocycles. The van der Waals surface area contributed by atoms with Gasteiger partial charge in [0.05, 0.1) is 6.10 Å². The highest BCUT2D eigenvalue weighted by Gasteiger charge is 2.10. The normalized spacial score (nSPS) is 15.1. The number of rotatable bonds is 3. The number of nitrogens with two attached hydrogens (primary N) is 1. The molecule has 0 amide bonds. The second-order valence-corrected chi connectivity index (χ2v) is 3.43. The van der Waals surface area contributed by atoms with E-state index in [1.54, 1.807) is 13.0 Å². The lowest BCUT2D eigenvalue weighted by molar-refractivity contribution is 0.163. The van der Waals surface area contributed by atoms with E-state index in [2.05, 4.69) is 0 Å². The van der Waals surface area contributed by atoms with Crippen LogP contribution in [0.2, 0.25) is 0 Å². The molecule has 78 valence electrons. The Morgan fingerprint density at radius 3 is 2.43 bits per heavy atom. The number of phenols is 2. The number of hydrogen-bond acceptors (Lipinski definition) is 4. The predicted molar refractivity (Wildman–Crippen MR) is 53.1 cm³/mol. The van der Waals surface area contributed by atoms with Crippen molar-refractivity contribution in [2.75, 3.05) is 0 Å². The van der Waals surface area contributed by atoms with Crippen LogP contribution in [0.1, 0.15) is 12.5 Å². The zero-order valence-electron chi connectivity index (χ0n) is 8.01. The molecule has 0 fully saturated rings. The molecule has 0 spiro atoms. The number of aliphatic hydroxyl groups is 1. The van der Waals surface area contributed by atoms with Gasteiger partial charge in [0.1, 0.15) is 0 Å². The van der Waals surface area contributed by atoms with Crippen molar-refractivity contribution in [2.45, 2.75) is 25.5 Å². The highest BCUT2D eigenvalue weighted by atomic mass is 16.3. The zero-order chi connectivity index (χ0) is 10.7. The lowest BCUT2D eigenvalue weighted by atomic mass is 10.0. The molecule has 0 aromatic heterocycles. The molecule has 2 unspecified atom stereocenters. The highest BCUT2D eigenvalue weighted by Crippen LogP contribution is 2.25. The number of aromatic hydroxyl groups is 2. The van der Waals surface area contributed by atoms with E-state index in [0.29, 0.717) is 6.42 Å². The van der Waals surface area contributed by atoms with Crippen molar-refractivity contribution >= 4 is 0 Å². The first-order valence-electron chi connectivity index (χ1n) is 4.45. The van der Waals surface area contributed by atoms with Crippen LogP contribution in [-0.2, 0) is 6.42 Å². The van der Waals surface area contributed by atoms with Crippen molar-refractivity contribution in [3.63, 3.8) is 0 Å². The van der Waals surface area contributed by atoms with Gasteiger partial charge in [0.15, 0.2) is 11.5 Å². The summed E-state index contributed by atoms with van der Waals surface area (Å²) in [5.41, 5.74) is 6.43. The lowest BCUT2D eigenvalue weighted by Crippen LogP contribution is -2.34. The Morgan fingerprint density at radius 2 is 1.93 bits per heavy atom. The van der Waals surface area contributed by atoms with Gasteiger partial charge in [-0.3, -0.25) is 0 Å². The van der Waals surface area contributed by atoms with Gasteiger partial charge in [0, 0.05) is 6.04 Å². The van der Waals surface area contributed by atoms with E-state index in [-0.39, 0.29) is 17.5 Å². The third-order valence-electron chi connectivity index (χ3n) is 2.13. The zero-order valence-corrected chi connectivity index (χ0v) is 8.01. The van der Waals surface area contributed by atoms with E-state index in [4.69, 9.17) is 15.9 Å². The van der Waals surface area contributed by atoms with Crippen molar-refractivity contribution in [1.29, 1.82) is 0 Å². The van der Waals surface area contributed by atoms with Gasteiger partial charge < -0.3 is 21.1 Å². The average molecular weight is 197 g/mol. The number of aliphatic hydroxyl groups excluding tert-OH is 1. The molecule has 0 heterocycles. The Labute approximate surface area is 82.6 Å². The van der Waals surface area contributed by atoms with E-state index < -0.39 is 6.10 Å². The summed E-state index contributed by atoms with van der Waals surface area (Å²) in [7, 11) is 0. The minimum Gasteiger partial charge on any atom is -0.504 e. The maximum absolute atomic E-state index is 9.20. The van der Waals surface area contributed by atoms with Gasteiger partial charge in [0.2, 0.25) is 0 Å². The maximum atomic E-state index is 9.20. The van der Waals surface area contributed by atoms with Crippen molar-refractivity contribution in [1.82, 2.24) is 0 Å². The number of benzene rings is 1. The van der Waals surface area contributed by atoms with E-state index in [0.717, 1.165) is 5.56 Å². The Kier molecular flexibility index (Phi) is 3.33. The fraction of sp³-hybridized carbons (Fsp3) is 0.400. The van der Waals surface area contributed by atoms with Crippen molar-refractivity contribution < 1.29 is 15.3 Å². The van der Waals surface area contributed by atoms with Crippen LogP contribution in [0.15, 0.2) is 18.2 Å². The van der Waals surface area contributed by atoms with Crippen molar-refractivity contribution in [3.8, 4) is 11.5 Å². The molecule has 1 rings (SSSR count). The summed E-state index contributed by atoms with van der Waals surface area (Å²) in [6, 6.07) is 4.15. The number of hydrogen-bond donors (Lipinski definition) is 4. The first-order valence-corrected chi connectivity index (χ1v) is 4.45. The summed E-state index contributed by atoms with van der Waals surface area (Å²) >= 11 is 0. The van der Waals surface area contributed by atoms with Crippen molar-refractivity contribution in [3.05, 3.63) is 23.8 Å². The maximum Gasteiger partial charge on any atom is 0.157 e. The third-order valence-corrected chi connectivity index (χ3v) is 2.13. The Balaban J connectivity index is 2.73. The molecule has 1 aromatic rings. The van der Waals surface area contributed by atoms with Crippen LogP contribution in [0.3, 0.4) is 0 Å². The summed E-state index contributed by atoms with van der Waals surface area (Å²) in [5.74, 6) is -0.320. The molecular weight excluding hydrogens is 182 g/mol. The molecule has 0 aliphatic heterocycles. The Bertz CT molecular complexity index is 312. The molecule has 1 aromatic carbocycles. The second-order valence-electron chi connectivity index (χ2n) is 3.43. The summed E-state index contributed by atoms with van der Waals surface area (Å²) < 4.78 is 0. The Morgan fingerprint density at radius 1 is 1.29 bits per heavy atom. The third kappa shape index (κ3) is 2.61. The quantitative estimate of drug-likeness (QED) is 0.526. The summed E-state index contributed by atoms with van der Waals surface area (Å²) in [6.45, 7) is 1.62. The smallest absolute Gasteiger partial charge is 0.157 e. The summed E-state index contributed by atoms with van der Waals surface area (Å²) in [6.07, 6.45) is -0.128. The molecule has 4 nitrogen and oxygen atoms in total. The van der Waals surface area contributed by atoms with Crippen LogP contribution in [-0.4, -0.2) is 27.5 Å². The van der Waals surface area contributed by atoms with Gasteiger partial charge in [-0.15, -0.1) is 0 Å². The molecule has 4 heteroatoms. The molecule has 0 aliphatic rings. The van der Waals surface area contributed by atoms with E-state index in [1.807, 2.05) is 0 Å². The van der Waals surface area contributed by atoms with Crippen LogP contribution in [0.4, 0.5) is 0 Å². The van der Waals surface area contributed by atoms with Gasteiger partial charge in [0.25, 0.3) is 0 Å². The van der Waals surface area contributed by atoms with Crippen molar-refractivity contribution in [2.24, 2.45) is 5.73 Å². The van der Waals surface area contributed by atoms with E-state index >= 15 is 0 Å². The molecular formula is C10H15NO3.